The number of alkyl halides is 3. The van der Waals surface area contributed by atoms with Gasteiger partial charge in [0, 0.05) is 17.4 Å². The van der Waals surface area contributed by atoms with E-state index in [1.165, 1.54) is 6.92 Å². The van der Waals surface area contributed by atoms with E-state index in [1.807, 2.05) is 0 Å². The van der Waals surface area contributed by atoms with E-state index in [1.54, 1.807) is 18.2 Å². The summed E-state index contributed by atoms with van der Waals surface area (Å²) < 4.78 is 49.7. The van der Waals surface area contributed by atoms with E-state index in [2.05, 4.69) is 10.4 Å². The van der Waals surface area contributed by atoms with Crippen molar-refractivity contribution in [1.82, 2.24) is 9.78 Å². The Morgan fingerprint density at radius 3 is 2.62 bits per heavy atom. The van der Waals surface area contributed by atoms with Crippen molar-refractivity contribution in [3.63, 3.8) is 0 Å². The molecule has 0 spiro atoms. The van der Waals surface area contributed by atoms with Gasteiger partial charge in [0.1, 0.15) is 19.8 Å². The van der Waals surface area contributed by atoms with Gasteiger partial charge < -0.3 is 14.8 Å². The maximum atomic E-state index is 12.6. The molecule has 1 aliphatic rings. The van der Waals surface area contributed by atoms with Crippen LogP contribution in [0.3, 0.4) is 0 Å². The Labute approximate surface area is 135 Å². The van der Waals surface area contributed by atoms with E-state index >= 15 is 0 Å². The van der Waals surface area contributed by atoms with E-state index in [0.29, 0.717) is 30.4 Å². The molecule has 0 aliphatic carbocycles. The minimum absolute atomic E-state index is 0.250. The summed E-state index contributed by atoms with van der Waals surface area (Å²) in [5.74, 6) is 0.595. The molecule has 3 rings (SSSR count). The molecule has 0 radical (unpaired) electrons. The minimum atomic E-state index is -4.54. The second-order valence-electron chi connectivity index (χ2n) is 5.23. The molecule has 0 fully saturated rings. The van der Waals surface area contributed by atoms with Gasteiger partial charge in [-0.3, -0.25) is 9.48 Å². The average molecular weight is 341 g/mol. The van der Waals surface area contributed by atoms with Crippen molar-refractivity contribution in [2.75, 3.05) is 18.5 Å². The van der Waals surface area contributed by atoms with Gasteiger partial charge in [-0.2, -0.15) is 18.3 Å². The van der Waals surface area contributed by atoms with E-state index in [-0.39, 0.29) is 12.2 Å². The molecule has 24 heavy (non-hydrogen) atoms. The van der Waals surface area contributed by atoms with Crippen LogP contribution in [0.4, 0.5) is 18.9 Å². The number of amides is 1. The fraction of sp³-hybridized carbons (Fsp3) is 0.333. The molecule has 0 saturated carbocycles. The van der Waals surface area contributed by atoms with Crippen LogP contribution in [0.25, 0.3) is 0 Å². The van der Waals surface area contributed by atoms with Crippen LogP contribution in [-0.2, 0) is 17.5 Å². The lowest BCUT2D eigenvalue weighted by Gasteiger charge is -2.19. The Morgan fingerprint density at radius 1 is 1.25 bits per heavy atom. The van der Waals surface area contributed by atoms with Crippen molar-refractivity contribution < 1.29 is 27.4 Å². The molecule has 9 heteroatoms. The lowest BCUT2D eigenvalue weighted by molar-refractivity contribution is -0.141. The van der Waals surface area contributed by atoms with Crippen LogP contribution in [0.15, 0.2) is 24.3 Å². The molecule has 1 aromatic heterocycles. The van der Waals surface area contributed by atoms with Crippen molar-refractivity contribution in [1.29, 1.82) is 0 Å². The first-order valence-electron chi connectivity index (χ1n) is 7.14. The van der Waals surface area contributed by atoms with Crippen molar-refractivity contribution in [3.05, 3.63) is 35.7 Å². The van der Waals surface area contributed by atoms with Gasteiger partial charge in [0.25, 0.3) is 0 Å². The van der Waals surface area contributed by atoms with Crippen LogP contribution in [0.2, 0.25) is 0 Å². The van der Waals surface area contributed by atoms with Crippen LogP contribution in [-0.4, -0.2) is 28.9 Å². The fourth-order valence-electron chi connectivity index (χ4n) is 2.27. The Kier molecular flexibility index (Phi) is 4.08. The molecule has 2 aromatic rings. The van der Waals surface area contributed by atoms with Crippen LogP contribution < -0.4 is 14.8 Å². The van der Waals surface area contributed by atoms with Gasteiger partial charge >= 0.3 is 6.18 Å². The number of nitrogens with zero attached hydrogens (tertiary/aromatic N) is 2. The maximum absolute atomic E-state index is 12.6. The molecule has 0 unspecified atom stereocenters. The molecule has 1 N–H and O–H groups in total. The predicted molar refractivity (Wildman–Crippen MR) is 78.0 cm³/mol. The molecule has 2 heterocycles. The number of benzene rings is 1. The number of hydrogen-bond acceptors (Lipinski definition) is 4. The van der Waals surface area contributed by atoms with E-state index in [4.69, 9.17) is 9.47 Å². The minimum Gasteiger partial charge on any atom is -0.486 e. The summed E-state index contributed by atoms with van der Waals surface area (Å²) in [6, 6.07) is 5.79. The zero-order valence-corrected chi connectivity index (χ0v) is 12.7. The number of carbonyl (C=O) groups is 1. The second kappa shape index (κ2) is 6.06. The van der Waals surface area contributed by atoms with E-state index in [9.17, 15) is 18.0 Å². The van der Waals surface area contributed by atoms with Gasteiger partial charge in [0.15, 0.2) is 17.2 Å². The number of hydrogen-bond donors (Lipinski definition) is 1. The Bertz CT molecular complexity index is 771. The Hall–Kier alpha value is -2.71. The standard InChI is InChI=1S/C15H14F3N3O3/c1-9-6-13(15(16,17)18)20-21(9)8-14(22)19-10-2-3-11-12(7-10)24-5-4-23-11/h2-3,6-7H,4-5,8H2,1H3,(H,19,22). The van der Waals surface area contributed by atoms with Crippen LogP contribution in [0.1, 0.15) is 11.4 Å². The molecule has 1 aliphatic heterocycles. The quantitative estimate of drug-likeness (QED) is 0.932. The normalized spacial score (nSPS) is 13.7. The van der Waals surface area contributed by atoms with Crippen LogP contribution in [0.5, 0.6) is 11.5 Å². The first-order valence-corrected chi connectivity index (χ1v) is 7.14. The van der Waals surface area contributed by atoms with Gasteiger partial charge in [-0.15, -0.1) is 0 Å². The SMILES string of the molecule is Cc1cc(C(F)(F)F)nn1CC(=O)Nc1ccc2c(c1)OCCO2. The predicted octanol–water partition coefficient (Wildman–Crippen LogP) is 2.62. The van der Waals surface area contributed by atoms with Crippen molar-refractivity contribution in [2.24, 2.45) is 0 Å². The smallest absolute Gasteiger partial charge is 0.435 e. The summed E-state index contributed by atoms with van der Waals surface area (Å²) in [7, 11) is 0. The molecule has 0 saturated heterocycles. The monoisotopic (exact) mass is 341 g/mol. The summed E-state index contributed by atoms with van der Waals surface area (Å²) in [6.07, 6.45) is -4.54. The highest BCUT2D eigenvalue weighted by atomic mass is 19.4. The molecule has 1 amide bonds. The zero-order chi connectivity index (χ0) is 17.3. The average Bonchev–Trinajstić information content (AvgIpc) is 2.88. The summed E-state index contributed by atoms with van der Waals surface area (Å²) in [6.45, 7) is 2.01. The molecule has 6 nitrogen and oxygen atoms in total. The third-order valence-electron chi connectivity index (χ3n) is 3.39. The molecular formula is C15H14F3N3O3. The molecule has 0 atom stereocenters. The van der Waals surface area contributed by atoms with Crippen molar-refractivity contribution >= 4 is 11.6 Å². The van der Waals surface area contributed by atoms with Crippen molar-refractivity contribution in [2.45, 2.75) is 19.6 Å². The zero-order valence-electron chi connectivity index (χ0n) is 12.7. The third kappa shape index (κ3) is 3.44. The Balaban J connectivity index is 1.69. The molecular weight excluding hydrogens is 327 g/mol. The van der Waals surface area contributed by atoms with Crippen molar-refractivity contribution in [3.8, 4) is 11.5 Å². The number of anilines is 1. The highest BCUT2D eigenvalue weighted by molar-refractivity contribution is 5.90. The number of nitrogens with one attached hydrogen (secondary N) is 1. The van der Waals surface area contributed by atoms with Gasteiger partial charge in [0.05, 0.1) is 0 Å². The highest BCUT2D eigenvalue weighted by Gasteiger charge is 2.34. The number of rotatable bonds is 3. The summed E-state index contributed by atoms with van der Waals surface area (Å²) >= 11 is 0. The van der Waals surface area contributed by atoms with Gasteiger partial charge in [0.2, 0.25) is 5.91 Å². The van der Waals surface area contributed by atoms with E-state index in [0.717, 1.165) is 10.7 Å². The van der Waals surface area contributed by atoms with Crippen LogP contribution in [0, 0.1) is 6.92 Å². The third-order valence-corrected chi connectivity index (χ3v) is 3.39. The fourth-order valence-corrected chi connectivity index (χ4v) is 2.27. The van der Waals surface area contributed by atoms with Gasteiger partial charge in [-0.25, -0.2) is 0 Å². The van der Waals surface area contributed by atoms with Gasteiger partial charge in [-0.1, -0.05) is 0 Å². The first kappa shape index (κ1) is 16.2. The summed E-state index contributed by atoms with van der Waals surface area (Å²) in [5, 5.41) is 6.02. The first-order chi connectivity index (χ1) is 11.3. The molecule has 128 valence electrons. The number of carbonyl (C=O) groups excluding carboxylic acids is 1. The van der Waals surface area contributed by atoms with Crippen LogP contribution >= 0.6 is 0 Å². The number of aryl methyl sites for hydroxylation is 1. The summed E-state index contributed by atoms with van der Waals surface area (Å²) in [4.78, 5) is 12.0. The number of fused-ring (bicyclic) bond motifs is 1. The number of aromatic nitrogens is 2. The van der Waals surface area contributed by atoms with E-state index < -0.39 is 17.8 Å². The second-order valence-corrected chi connectivity index (χ2v) is 5.23. The lowest BCUT2D eigenvalue weighted by atomic mass is 10.2. The maximum Gasteiger partial charge on any atom is 0.435 e. The molecule has 1 aromatic carbocycles. The molecule has 0 bridgehead atoms. The Morgan fingerprint density at radius 2 is 1.96 bits per heavy atom. The largest absolute Gasteiger partial charge is 0.486 e. The highest BCUT2D eigenvalue weighted by Crippen LogP contribution is 2.32. The van der Waals surface area contributed by atoms with Gasteiger partial charge in [-0.05, 0) is 25.1 Å². The lowest BCUT2D eigenvalue weighted by Crippen LogP contribution is -2.21. The topological polar surface area (TPSA) is 65.4 Å². The number of ether oxygens (including phenoxy) is 2. The summed E-state index contributed by atoms with van der Waals surface area (Å²) in [5.41, 5.74) is -0.308. The number of halogens is 3.